The van der Waals surface area contributed by atoms with Crippen molar-refractivity contribution in [1.29, 1.82) is 0 Å². The smallest absolute Gasteiger partial charge is 0.276 e. The van der Waals surface area contributed by atoms with Crippen LogP contribution >= 0.6 is 11.6 Å². The van der Waals surface area contributed by atoms with Crippen LogP contribution in [-0.2, 0) is 16.6 Å². The molecule has 8 heteroatoms. The molecule has 0 saturated heterocycles. The first-order valence-corrected chi connectivity index (χ1v) is 11.9. The maximum Gasteiger partial charge on any atom is 0.276 e. The van der Waals surface area contributed by atoms with E-state index in [9.17, 15) is 8.42 Å². The topological polar surface area (TPSA) is 77.0 Å². The van der Waals surface area contributed by atoms with E-state index in [-0.39, 0.29) is 4.90 Å². The largest absolute Gasteiger partial charge is 0.493 e. The standard InChI is InChI=1S/C25H21ClN2O4S/c1-31-24-15-18(16-27-28-33(29,30)21-11-3-2-4-12-21)14-23(26)25(24)32-17-20-10-7-9-19-8-5-6-13-22(19)20/h2-16,28H,17H2,1H3/b27-16+. The summed E-state index contributed by atoms with van der Waals surface area (Å²) in [5, 5.41) is 6.39. The number of methoxy groups -OCH3 is 1. The molecule has 0 unspecified atom stereocenters. The van der Waals surface area contributed by atoms with Crippen LogP contribution in [0.25, 0.3) is 10.8 Å². The second-order valence-corrected chi connectivity index (χ2v) is 9.20. The number of rotatable bonds is 8. The van der Waals surface area contributed by atoms with Crippen LogP contribution in [-0.4, -0.2) is 21.7 Å². The fraction of sp³-hybridized carbons (Fsp3) is 0.0800. The van der Waals surface area contributed by atoms with Gasteiger partial charge in [-0.05, 0) is 46.2 Å². The van der Waals surface area contributed by atoms with E-state index in [1.807, 2.05) is 42.5 Å². The molecule has 0 spiro atoms. The molecule has 0 heterocycles. The van der Waals surface area contributed by atoms with E-state index in [2.05, 4.69) is 9.93 Å². The van der Waals surface area contributed by atoms with Crippen LogP contribution in [0.2, 0.25) is 5.02 Å². The number of fused-ring (bicyclic) bond motifs is 1. The number of hydrogen-bond donors (Lipinski definition) is 1. The average Bonchev–Trinajstić information content (AvgIpc) is 2.83. The van der Waals surface area contributed by atoms with Crippen molar-refractivity contribution in [3.8, 4) is 11.5 Å². The Kier molecular flexibility index (Phi) is 6.82. The number of benzene rings is 4. The van der Waals surface area contributed by atoms with E-state index in [0.717, 1.165) is 16.3 Å². The van der Waals surface area contributed by atoms with Gasteiger partial charge in [-0.15, -0.1) is 0 Å². The number of hydrogen-bond acceptors (Lipinski definition) is 5. The summed E-state index contributed by atoms with van der Waals surface area (Å²) in [6, 6.07) is 25.4. The summed E-state index contributed by atoms with van der Waals surface area (Å²) >= 11 is 6.46. The molecule has 4 aromatic rings. The Hall–Kier alpha value is -3.55. The zero-order valence-corrected chi connectivity index (χ0v) is 19.3. The molecule has 4 aromatic carbocycles. The third-order valence-corrected chi connectivity index (χ3v) is 6.46. The second-order valence-electron chi connectivity index (χ2n) is 7.13. The summed E-state index contributed by atoms with van der Waals surface area (Å²) in [7, 11) is -2.25. The van der Waals surface area contributed by atoms with Crippen LogP contribution in [0.1, 0.15) is 11.1 Å². The molecule has 0 aromatic heterocycles. The van der Waals surface area contributed by atoms with E-state index in [1.54, 1.807) is 30.3 Å². The molecule has 33 heavy (non-hydrogen) atoms. The van der Waals surface area contributed by atoms with Gasteiger partial charge in [0.2, 0.25) is 0 Å². The van der Waals surface area contributed by atoms with Gasteiger partial charge in [-0.2, -0.15) is 13.5 Å². The van der Waals surface area contributed by atoms with Crippen LogP contribution in [0.5, 0.6) is 11.5 Å². The van der Waals surface area contributed by atoms with Gasteiger partial charge in [-0.25, -0.2) is 4.83 Å². The molecule has 0 amide bonds. The SMILES string of the molecule is COc1cc(/C=N/NS(=O)(=O)c2ccccc2)cc(Cl)c1OCc1cccc2ccccc12. The predicted molar refractivity (Wildman–Crippen MR) is 131 cm³/mol. The number of halogens is 1. The zero-order chi connectivity index (χ0) is 23.3. The Labute approximate surface area is 197 Å². The number of hydrazone groups is 1. The highest BCUT2D eigenvalue weighted by atomic mass is 35.5. The highest BCUT2D eigenvalue weighted by molar-refractivity contribution is 7.89. The zero-order valence-electron chi connectivity index (χ0n) is 17.7. The van der Waals surface area contributed by atoms with Gasteiger partial charge >= 0.3 is 0 Å². The number of nitrogens with zero attached hydrogens (tertiary/aromatic N) is 1. The van der Waals surface area contributed by atoms with E-state index in [4.69, 9.17) is 21.1 Å². The fourth-order valence-corrected chi connectivity index (χ4v) is 4.43. The predicted octanol–water partition coefficient (Wildman–Crippen LogP) is 5.39. The molecule has 168 valence electrons. The van der Waals surface area contributed by atoms with Crippen LogP contribution in [0.3, 0.4) is 0 Å². The highest BCUT2D eigenvalue weighted by Gasteiger charge is 2.14. The minimum absolute atomic E-state index is 0.120. The quantitative estimate of drug-likeness (QED) is 0.271. The number of nitrogens with one attached hydrogen (secondary N) is 1. The van der Waals surface area contributed by atoms with Crippen LogP contribution in [0.15, 0.2) is 94.9 Å². The van der Waals surface area contributed by atoms with E-state index in [1.165, 1.54) is 25.5 Å². The fourth-order valence-electron chi connectivity index (χ4n) is 3.35. The molecule has 1 N–H and O–H groups in total. The van der Waals surface area contributed by atoms with Crippen molar-refractivity contribution in [2.24, 2.45) is 5.10 Å². The van der Waals surface area contributed by atoms with Crippen molar-refractivity contribution in [1.82, 2.24) is 4.83 Å². The molecule has 0 atom stereocenters. The van der Waals surface area contributed by atoms with Gasteiger partial charge in [0.1, 0.15) is 6.61 Å². The lowest BCUT2D eigenvalue weighted by Gasteiger charge is -2.14. The Morgan fingerprint density at radius 1 is 0.970 bits per heavy atom. The first-order chi connectivity index (χ1) is 16.0. The molecule has 0 aliphatic rings. The van der Waals surface area contributed by atoms with Crippen LogP contribution in [0.4, 0.5) is 0 Å². The van der Waals surface area contributed by atoms with Gasteiger partial charge in [0, 0.05) is 0 Å². The van der Waals surface area contributed by atoms with Crippen molar-refractivity contribution in [3.05, 3.63) is 101 Å². The van der Waals surface area contributed by atoms with Crippen molar-refractivity contribution in [2.75, 3.05) is 7.11 Å². The van der Waals surface area contributed by atoms with Gasteiger partial charge in [0.15, 0.2) is 11.5 Å². The minimum Gasteiger partial charge on any atom is -0.493 e. The molecule has 0 bridgehead atoms. The normalized spacial score (nSPS) is 11.6. The van der Waals surface area contributed by atoms with Crippen molar-refractivity contribution < 1.29 is 17.9 Å². The molecule has 4 rings (SSSR count). The minimum atomic E-state index is -3.76. The van der Waals surface area contributed by atoms with Crippen molar-refractivity contribution in [2.45, 2.75) is 11.5 Å². The number of sulfonamides is 1. The number of ether oxygens (including phenoxy) is 2. The lowest BCUT2D eigenvalue weighted by Crippen LogP contribution is -2.18. The Balaban J connectivity index is 1.51. The summed E-state index contributed by atoms with van der Waals surface area (Å²) in [5.74, 6) is 0.809. The molecule has 0 aliphatic heterocycles. The third kappa shape index (κ3) is 5.27. The lowest BCUT2D eigenvalue weighted by molar-refractivity contribution is 0.286. The summed E-state index contributed by atoms with van der Waals surface area (Å²) in [4.78, 5) is 2.31. The first-order valence-electron chi connectivity index (χ1n) is 10.0. The summed E-state index contributed by atoms with van der Waals surface area (Å²) in [6.45, 7) is 0.307. The van der Waals surface area contributed by atoms with E-state index < -0.39 is 10.0 Å². The van der Waals surface area contributed by atoms with Crippen molar-refractivity contribution >= 4 is 38.6 Å². The van der Waals surface area contributed by atoms with Gasteiger partial charge in [0.05, 0.1) is 23.2 Å². The molecule has 0 radical (unpaired) electrons. The monoisotopic (exact) mass is 480 g/mol. The average molecular weight is 481 g/mol. The Bertz CT molecular complexity index is 1400. The first kappa shape index (κ1) is 22.6. The molecule has 6 nitrogen and oxygen atoms in total. The molecular weight excluding hydrogens is 460 g/mol. The summed E-state index contributed by atoms with van der Waals surface area (Å²) < 4.78 is 36.0. The maximum absolute atomic E-state index is 12.3. The summed E-state index contributed by atoms with van der Waals surface area (Å²) in [6.07, 6.45) is 1.35. The van der Waals surface area contributed by atoms with E-state index >= 15 is 0 Å². The van der Waals surface area contributed by atoms with Crippen molar-refractivity contribution in [3.63, 3.8) is 0 Å². The van der Waals surface area contributed by atoms with Crippen LogP contribution in [0, 0.1) is 0 Å². The van der Waals surface area contributed by atoms with Gasteiger partial charge in [0.25, 0.3) is 10.0 Å². The van der Waals surface area contributed by atoms with Crippen LogP contribution < -0.4 is 14.3 Å². The molecule has 0 aliphatic carbocycles. The van der Waals surface area contributed by atoms with Gasteiger partial charge in [-0.3, -0.25) is 0 Å². The highest BCUT2D eigenvalue weighted by Crippen LogP contribution is 2.37. The van der Waals surface area contributed by atoms with Gasteiger partial charge in [-0.1, -0.05) is 72.3 Å². The van der Waals surface area contributed by atoms with E-state index in [0.29, 0.717) is 28.7 Å². The molecular formula is C25H21ClN2O4S. The summed E-state index contributed by atoms with van der Waals surface area (Å²) in [5.41, 5.74) is 1.57. The molecule has 0 saturated carbocycles. The maximum atomic E-state index is 12.3. The lowest BCUT2D eigenvalue weighted by atomic mass is 10.1. The third-order valence-electron chi connectivity index (χ3n) is 4.94. The second kappa shape index (κ2) is 9.94. The van der Waals surface area contributed by atoms with Gasteiger partial charge < -0.3 is 9.47 Å². The Morgan fingerprint density at radius 2 is 1.70 bits per heavy atom. The Morgan fingerprint density at radius 3 is 2.48 bits per heavy atom. The molecule has 0 fully saturated rings.